The van der Waals surface area contributed by atoms with E-state index in [0.717, 1.165) is 44.2 Å². The highest BCUT2D eigenvalue weighted by molar-refractivity contribution is 7.99. The molecule has 24 heavy (non-hydrogen) atoms. The van der Waals surface area contributed by atoms with Crippen LogP contribution in [0.15, 0.2) is 18.5 Å². The monoisotopic (exact) mass is 349 g/mol. The summed E-state index contributed by atoms with van der Waals surface area (Å²) in [6, 6.07) is 2.03. The van der Waals surface area contributed by atoms with Gasteiger partial charge in [0.2, 0.25) is 11.9 Å². The van der Waals surface area contributed by atoms with Gasteiger partial charge < -0.3 is 15.1 Å². The Kier molecular flexibility index (Phi) is 6.72. The number of nitrogens with zero attached hydrogens (tertiary/aromatic N) is 4. The molecule has 1 N–H and O–H groups in total. The second-order valence-electron chi connectivity index (χ2n) is 6.50. The summed E-state index contributed by atoms with van der Waals surface area (Å²) < 4.78 is 0. The van der Waals surface area contributed by atoms with Crippen LogP contribution in [-0.2, 0) is 4.79 Å². The molecule has 2 fully saturated rings. The van der Waals surface area contributed by atoms with E-state index >= 15 is 0 Å². The maximum absolute atomic E-state index is 12.2. The van der Waals surface area contributed by atoms with E-state index in [1.54, 1.807) is 24.2 Å². The van der Waals surface area contributed by atoms with Gasteiger partial charge in [-0.2, -0.15) is 11.8 Å². The lowest BCUT2D eigenvalue weighted by atomic mass is 10.1. The second-order valence-corrected chi connectivity index (χ2v) is 7.61. The topological polar surface area (TPSA) is 61.4 Å². The first-order valence-electron chi connectivity index (χ1n) is 8.93. The number of rotatable bonds is 7. The fourth-order valence-electron chi connectivity index (χ4n) is 3.37. The highest BCUT2D eigenvalue weighted by Gasteiger charge is 2.22. The summed E-state index contributed by atoms with van der Waals surface area (Å²) in [6.45, 7) is 5.33. The zero-order valence-electron chi connectivity index (χ0n) is 14.2. The molecule has 7 heteroatoms. The molecule has 0 aromatic carbocycles. The van der Waals surface area contributed by atoms with Gasteiger partial charge in [0, 0.05) is 43.8 Å². The number of amides is 1. The zero-order chi connectivity index (χ0) is 16.6. The number of carbonyl (C=O) groups is 1. The maximum atomic E-state index is 12.2. The van der Waals surface area contributed by atoms with Crippen molar-refractivity contribution in [1.29, 1.82) is 0 Å². The molecule has 2 aliphatic rings. The van der Waals surface area contributed by atoms with Gasteiger partial charge >= 0.3 is 0 Å². The summed E-state index contributed by atoms with van der Waals surface area (Å²) in [7, 11) is 0. The molecule has 1 aromatic heterocycles. The summed E-state index contributed by atoms with van der Waals surface area (Å²) in [6.07, 6.45) is 8.28. The SMILES string of the molecule is O=C(CSCCN1CCCC1)N[C@@H]1CCCN(c2ncccn2)C1. The van der Waals surface area contributed by atoms with Crippen LogP contribution < -0.4 is 10.2 Å². The molecule has 0 unspecified atom stereocenters. The van der Waals surface area contributed by atoms with Gasteiger partial charge in [0.1, 0.15) is 0 Å². The Bertz CT molecular complexity index is 509. The van der Waals surface area contributed by atoms with E-state index in [1.165, 1.54) is 25.9 Å². The first-order chi connectivity index (χ1) is 11.8. The molecule has 1 amide bonds. The van der Waals surface area contributed by atoms with Crippen molar-refractivity contribution in [1.82, 2.24) is 20.2 Å². The first-order valence-corrected chi connectivity index (χ1v) is 10.1. The van der Waals surface area contributed by atoms with Gasteiger partial charge in [0.15, 0.2) is 0 Å². The molecule has 2 aliphatic heterocycles. The quantitative estimate of drug-likeness (QED) is 0.751. The van der Waals surface area contributed by atoms with E-state index in [1.807, 2.05) is 6.07 Å². The summed E-state index contributed by atoms with van der Waals surface area (Å²) in [5.41, 5.74) is 0. The number of aromatic nitrogens is 2. The van der Waals surface area contributed by atoms with Crippen LogP contribution in [-0.4, -0.2) is 71.0 Å². The van der Waals surface area contributed by atoms with Crippen LogP contribution in [0.3, 0.4) is 0 Å². The standard InChI is InChI=1S/C17H27N5OS/c23-16(14-24-12-11-21-8-1-2-9-21)20-15-5-3-10-22(13-15)17-18-6-4-7-19-17/h4,6-7,15H,1-3,5,8-14H2,(H,20,23)/t15-/m1/s1. The summed E-state index contributed by atoms with van der Waals surface area (Å²) >= 11 is 1.74. The molecule has 0 radical (unpaired) electrons. The van der Waals surface area contributed by atoms with E-state index in [9.17, 15) is 4.79 Å². The van der Waals surface area contributed by atoms with Crippen LogP contribution in [0.25, 0.3) is 0 Å². The fourth-order valence-corrected chi connectivity index (χ4v) is 4.17. The molecule has 0 bridgehead atoms. The summed E-state index contributed by atoms with van der Waals surface area (Å²) in [4.78, 5) is 25.4. The Morgan fingerprint density at radius 1 is 1.21 bits per heavy atom. The molecule has 0 saturated carbocycles. The third-order valence-corrected chi connectivity index (χ3v) is 5.54. The number of piperidine rings is 1. The average Bonchev–Trinajstić information content (AvgIpc) is 3.13. The van der Waals surface area contributed by atoms with Gasteiger partial charge in [-0.1, -0.05) is 0 Å². The number of nitrogens with one attached hydrogen (secondary N) is 1. The van der Waals surface area contributed by atoms with Crippen molar-refractivity contribution in [3.05, 3.63) is 18.5 Å². The number of hydrogen-bond acceptors (Lipinski definition) is 6. The van der Waals surface area contributed by atoms with E-state index in [2.05, 4.69) is 25.1 Å². The van der Waals surface area contributed by atoms with Crippen molar-refractivity contribution in [2.45, 2.75) is 31.7 Å². The minimum absolute atomic E-state index is 0.155. The van der Waals surface area contributed by atoms with Gasteiger partial charge in [-0.05, 0) is 44.8 Å². The smallest absolute Gasteiger partial charge is 0.230 e. The second kappa shape index (κ2) is 9.22. The third-order valence-electron chi connectivity index (χ3n) is 4.61. The van der Waals surface area contributed by atoms with Crippen molar-refractivity contribution in [3.63, 3.8) is 0 Å². The van der Waals surface area contributed by atoms with Crippen LogP contribution in [0.4, 0.5) is 5.95 Å². The highest BCUT2D eigenvalue weighted by atomic mass is 32.2. The molecule has 6 nitrogen and oxygen atoms in total. The van der Waals surface area contributed by atoms with Gasteiger partial charge in [-0.25, -0.2) is 9.97 Å². The first kappa shape index (κ1) is 17.5. The Morgan fingerprint density at radius 3 is 2.79 bits per heavy atom. The Hall–Kier alpha value is -1.34. The molecule has 0 spiro atoms. The Morgan fingerprint density at radius 2 is 2.00 bits per heavy atom. The maximum Gasteiger partial charge on any atom is 0.230 e. The number of likely N-dealkylation sites (tertiary alicyclic amines) is 1. The minimum Gasteiger partial charge on any atom is -0.351 e. The van der Waals surface area contributed by atoms with Crippen molar-refractivity contribution >= 4 is 23.6 Å². The van der Waals surface area contributed by atoms with Crippen molar-refractivity contribution < 1.29 is 4.79 Å². The van der Waals surface area contributed by atoms with E-state index in [0.29, 0.717) is 5.75 Å². The average molecular weight is 350 g/mol. The number of anilines is 1. The molecule has 3 heterocycles. The molecule has 1 aromatic rings. The zero-order valence-corrected chi connectivity index (χ0v) is 15.0. The van der Waals surface area contributed by atoms with E-state index < -0.39 is 0 Å². The lowest BCUT2D eigenvalue weighted by Gasteiger charge is -2.33. The van der Waals surface area contributed by atoms with Crippen LogP contribution in [0, 0.1) is 0 Å². The summed E-state index contributed by atoms with van der Waals surface area (Å²) in [5.74, 6) is 2.52. The highest BCUT2D eigenvalue weighted by Crippen LogP contribution is 2.15. The Labute approximate surface area is 148 Å². The van der Waals surface area contributed by atoms with Crippen LogP contribution in [0.1, 0.15) is 25.7 Å². The molecule has 132 valence electrons. The number of carbonyl (C=O) groups excluding carboxylic acids is 1. The lowest BCUT2D eigenvalue weighted by Crippen LogP contribution is -2.48. The minimum atomic E-state index is 0.155. The Balaban J connectivity index is 1.34. The lowest BCUT2D eigenvalue weighted by molar-refractivity contribution is -0.119. The fraction of sp³-hybridized carbons (Fsp3) is 0.706. The van der Waals surface area contributed by atoms with Crippen LogP contribution in [0.5, 0.6) is 0 Å². The predicted molar refractivity (Wildman–Crippen MR) is 98.4 cm³/mol. The van der Waals surface area contributed by atoms with E-state index in [4.69, 9.17) is 0 Å². The molecular weight excluding hydrogens is 322 g/mol. The van der Waals surface area contributed by atoms with Gasteiger partial charge in [0.25, 0.3) is 0 Å². The van der Waals surface area contributed by atoms with Crippen molar-refractivity contribution in [3.8, 4) is 0 Å². The van der Waals surface area contributed by atoms with Crippen LogP contribution in [0.2, 0.25) is 0 Å². The van der Waals surface area contributed by atoms with Gasteiger partial charge in [-0.15, -0.1) is 0 Å². The summed E-state index contributed by atoms with van der Waals surface area (Å²) in [5, 5.41) is 3.18. The van der Waals surface area contributed by atoms with Gasteiger partial charge in [-0.3, -0.25) is 4.79 Å². The predicted octanol–water partition coefficient (Wildman–Crippen LogP) is 1.39. The van der Waals surface area contributed by atoms with Crippen molar-refractivity contribution in [2.24, 2.45) is 0 Å². The molecule has 2 saturated heterocycles. The molecular formula is C17H27N5OS. The molecule has 1 atom stereocenters. The molecule has 3 rings (SSSR count). The normalized spacial score (nSPS) is 21.8. The van der Waals surface area contributed by atoms with Crippen LogP contribution >= 0.6 is 11.8 Å². The van der Waals surface area contributed by atoms with E-state index in [-0.39, 0.29) is 11.9 Å². The largest absolute Gasteiger partial charge is 0.351 e. The molecule has 0 aliphatic carbocycles. The number of thioether (sulfide) groups is 1. The number of hydrogen-bond donors (Lipinski definition) is 1. The van der Waals surface area contributed by atoms with Crippen molar-refractivity contribution in [2.75, 3.05) is 49.1 Å². The van der Waals surface area contributed by atoms with Gasteiger partial charge in [0.05, 0.1) is 5.75 Å². The third kappa shape index (κ3) is 5.34.